The molecule has 2 rings (SSSR count). The van der Waals surface area contributed by atoms with Crippen LogP contribution in [0.1, 0.15) is 5.56 Å². The summed E-state index contributed by atoms with van der Waals surface area (Å²) >= 11 is 0. The summed E-state index contributed by atoms with van der Waals surface area (Å²) in [5.41, 5.74) is 6.93. The first-order chi connectivity index (χ1) is 8.29. The number of nitrogens with zero attached hydrogens (tertiary/aromatic N) is 1. The van der Waals surface area contributed by atoms with Gasteiger partial charge in [-0.3, -0.25) is 0 Å². The van der Waals surface area contributed by atoms with Crippen molar-refractivity contribution in [1.82, 2.24) is 4.90 Å². The molecule has 0 fully saturated rings. The molecule has 2 aromatic carbocycles. The second-order valence-electron chi connectivity index (χ2n) is 4.52. The Morgan fingerprint density at radius 2 is 1.76 bits per heavy atom. The van der Waals surface area contributed by atoms with Gasteiger partial charge in [-0.2, -0.15) is 0 Å². The summed E-state index contributed by atoms with van der Waals surface area (Å²) in [5, 5.41) is 2.64. The van der Waals surface area contributed by atoms with E-state index < -0.39 is 0 Å². The molecule has 0 atom stereocenters. The van der Waals surface area contributed by atoms with Crippen LogP contribution in [-0.2, 0) is 6.42 Å². The normalized spacial score (nSPS) is 11.2. The Balaban J connectivity index is 2.04. The molecule has 2 aromatic rings. The van der Waals surface area contributed by atoms with Crippen molar-refractivity contribution in [2.45, 2.75) is 6.42 Å². The van der Waals surface area contributed by atoms with E-state index in [1.165, 1.54) is 16.3 Å². The van der Waals surface area contributed by atoms with E-state index in [0.29, 0.717) is 0 Å². The van der Waals surface area contributed by atoms with Crippen molar-refractivity contribution >= 4 is 10.8 Å². The Kier molecular flexibility index (Phi) is 4.13. The van der Waals surface area contributed by atoms with Crippen molar-refractivity contribution in [3.63, 3.8) is 0 Å². The average molecular weight is 228 g/mol. The van der Waals surface area contributed by atoms with Gasteiger partial charge in [-0.25, -0.2) is 0 Å². The van der Waals surface area contributed by atoms with Gasteiger partial charge in [0, 0.05) is 19.6 Å². The van der Waals surface area contributed by atoms with Gasteiger partial charge in [0.25, 0.3) is 0 Å². The van der Waals surface area contributed by atoms with E-state index in [-0.39, 0.29) is 0 Å². The maximum atomic E-state index is 5.53. The fourth-order valence-electron chi connectivity index (χ4n) is 2.05. The van der Waals surface area contributed by atoms with Gasteiger partial charge in [0.05, 0.1) is 0 Å². The van der Waals surface area contributed by atoms with Crippen LogP contribution in [0.2, 0.25) is 0 Å². The lowest BCUT2D eigenvalue weighted by Crippen LogP contribution is -2.27. The molecule has 0 aliphatic rings. The van der Waals surface area contributed by atoms with Crippen LogP contribution in [0.15, 0.2) is 42.5 Å². The molecular weight excluding hydrogens is 208 g/mol. The minimum Gasteiger partial charge on any atom is -0.329 e. The standard InChI is InChI=1S/C15H20N2/c1-17(11-9-16)10-8-13-6-7-14-4-2-3-5-15(14)12-13/h2-7,12H,8-11,16H2,1H3. The van der Waals surface area contributed by atoms with Crippen molar-refractivity contribution in [2.75, 3.05) is 26.7 Å². The predicted molar refractivity (Wildman–Crippen MR) is 74.2 cm³/mol. The van der Waals surface area contributed by atoms with E-state index in [9.17, 15) is 0 Å². The number of hydrogen-bond acceptors (Lipinski definition) is 2. The Hall–Kier alpha value is -1.38. The van der Waals surface area contributed by atoms with Crippen LogP contribution in [0.4, 0.5) is 0 Å². The number of fused-ring (bicyclic) bond motifs is 1. The third kappa shape index (κ3) is 3.29. The summed E-state index contributed by atoms with van der Waals surface area (Å²) in [4.78, 5) is 2.27. The topological polar surface area (TPSA) is 29.3 Å². The van der Waals surface area contributed by atoms with Crippen molar-refractivity contribution in [3.8, 4) is 0 Å². The Bertz CT molecular complexity index is 479. The lowest BCUT2D eigenvalue weighted by molar-refractivity contribution is 0.348. The summed E-state index contributed by atoms with van der Waals surface area (Å²) in [5.74, 6) is 0. The summed E-state index contributed by atoms with van der Waals surface area (Å²) in [6.45, 7) is 2.76. The SMILES string of the molecule is CN(CCN)CCc1ccc2ccccc2c1. The van der Waals surface area contributed by atoms with Crippen LogP contribution in [-0.4, -0.2) is 31.6 Å². The average Bonchev–Trinajstić information content (AvgIpc) is 2.36. The van der Waals surface area contributed by atoms with E-state index in [4.69, 9.17) is 5.73 Å². The third-order valence-electron chi connectivity index (χ3n) is 3.11. The predicted octanol–water partition coefficient (Wildman–Crippen LogP) is 2.27. The summed E-state index contributed by atoms with van der Waals surface area (Å²) < 4.78 is 0. The molecule has 0 bridgehead atoms. The molecule has 2 N–H and O–H groups in total. The number of hydrogen-bond donors (Lipinski definition) is 1. The molecule has 0 heterocycles. The van der Waals surface area contributed by atoms with Gasteiger partial charge in [-0.1, -0.05) is 42.5 Å². The van der Waals surface area contributed by atoms with Gasteiger partial charge in [0.2, 0.25) is 0 Å². The minimum absolute atomic E-state index is 0.730. The fourth-order valence-corrected chi connectivity index (χ4v) is 2.05. The molecule has 0 aliphatic carbocycles. The van der Waals surface area contributed by atoms with Crippen LogP contribution in [0.5, 0.6) is 0 Å². The van der Waals surface area contributed by atoms with E-state index in [1.54, 1.807) is 0 Å². The van der Waals surface area contributed by atoms with Crippen molar-refractivity contribution < 1.29 is 0 Å². The highest BCUT2D eigenvalue weighted by Gasteiger charge is 1.99. The van der Waals surface area contributed by atoms with Gasteiger partial charge in [0.1, 0.15) is 0 Å². The molecule has 0 unspecified atom stereocenters. The second kappa shape index (κ2) is 5.80. The highest BCUT2D eigenvalue weighted by molar-refractivity contribution is 5.82. The molecule has 0 amide bonds. The molecule has 90 valence electrons. The quantitative estimate of drug-likeness (QED) is 0.850. The maximum absolute atomic E-state index is 5.53. The van der Waals surface area contributed by atoms with E-state index >= 15 is 0 Å². The molecule has 17 heavy (non-hydrogen) atoms. The lowest BCUT2D eigenvalue weighted by Gasteiger charge is -2.15. The molecule has 0 radical (unpaired) electrons. The molecule has 0 saturated carbocycles. The number of rotatable bonds is 5. The molecule has 0 saturated heterocycles. The first kappa shape index (κ1) is 12.1. The zero-order valence-corrected chi connectivity index (χ0v) is 10.4. The highest BCUT2D eigenvalue weighted by atomic mass is 15.1. The Morgan fingerprint density at radius 3 is 2.53 bits per heavy atom. The fraction of sp³-hybridized carbons (Fsp3) is 0.333. The lowest BCUT2D eigenvalue weighted by atomic mass is 10.1. The minimum atomic E-state index is 0.730. The summed E-state index contributed by atoms with van der Waals surface area (Å²) in [6, 6.07) is 15.2. The van der Waals surface area contributed by atoms with Crippen molar-refractivity contribution in [1.29, 1.82) is 0 Å². The molecule has 0 aromatic heterocycles. The molecule has 2 heteroatoms. The first-order valence-corrected chi connectivity index (χ1v) is 6.16. The number of nitrogens with two attached hydrogens (primary N) is 1. The summed E-state index contributed by atoms with van der Waals surface area (Å²) in [6.07, 6.45) is 1.08. The van der Waals surface area contributed by atoms with Gasteiger partial charge < -0.3 is 10.6 Å². The highest BCUT2D eigenvalue weighted by Crippen LogP contribution is 2.15. The largest absolute Gasteiger partial charge is 0.329 e. The Morgan fingerprint density at radius 1 is 1.00 bits per heavy atom. The molecule has 0 aliphatic heterocycles. The Labute approximate surface area is 103 Å². The number of likely N-dealkylation sites (N-methyl/N-ethyl adjacent to an activating group) is 1. The van der Waals surface area contributed by atoms with Crippen LogP contribution in [0.3, 0.4) is 0 Å². The van der Waals surface area contributed by atoms with Gasteiger partial charge in [-0.15, -0.1) is 0 Å². The third-order valence-corrected chi connectivity index (χ3v) is 3.11. The molecular formula is C15H20N2. The van der Waals surface area contributed by atoms with E-state index in [2.05, 4.69) is 54.4 Å². The van der Waals surface area contributed by atoms with Crippen LogP contribution in [0, 0.1) is 0 Å². The molecule has 2 nitrogen and oxygen atoms in total. The van der Waals surface area contributed by atoms with Crippen LogP contribution < -0.4 is 5.73 Å². The van der Waals surface area contributed by atoms with Crippen LogP contribution >= 0.6 is 0 Å². The maximum Gasteiger partial charge on any atom is 0.0102 e. The van der Waals surface area contributed by atoms with Gasteiger partial charge in [0.15, 0.2) is 0 Å². The van der Waals surface area contributed by atoms with Crippen molar-refractivity contribution in [2.24, 2.45) is 5.73 Å². The van der Waals surface area contributed by atoms with E-state index in [1.807, 2.05) is 0 Å². The second-order valence-corrected chi connectivity index (χ2v) is 4.52. The zero-order valence-electron chi connectivity index (χ0n) is 10.4. The van der Waals surface area contributed by atoms with E-state index in [0.717, 1.165) is 26.1 Å². The molecule has 0 spiro atoms. The van der Waals surface area contributed by atoms with Gasteiger partial charge >= 0.3 is 0 Å². The monoisotopic (exact) mass is 228 g/mol. The smallest absolute Gasteiger partial charge is 0.0102 e. The first-order valence-electron chi connectivity index (χ1n) is 6.16. The number of benzene rings is 2. The van der Waals surface area contributed by atoms with Gasteiger partial charge in [-0.05, 0) is 29.8 Å². The summed E-state index contributed by atoms with van der Waals surface area (Å²) in [7, 11) is 2.12. The van der Waals surface area contributed by atoms with Crippen molar-refractivity contribution in [3.05, 3.63) is 48.0 Å². The zero-order chi connectivity index (χ0) is 12.1. The van der Waals surface area contributed by atoms with Crippen LogP contribution in [0.25, 0.3) is 10.8 Å².